The number of rotatable bonds is 1. The van der Waals surface area contributed by atoms with Crippen LogP contribution in [0.2, 0.25) is 0 Å². The van der Waals surface area contributed by atoms with Gasteiger partial charge in [0.15, 0.2) is 0 Å². The van der Waals surface area contributed by atoms with E-state index in [2.05, 4.69) is 0 Å². The summed E-state index contributed by atoms with van der Waals surface area (Å²) in [7, 11) is 0. The molecule has 2 N–H and O–H groups in total. The molecule has 4 rings (SSSR count). The van der Waals surface area contributed by atoms with Crippen molar-refractivity contribution in [3.05, 3.63) is 72.8 Å². The topological polar surface area (TPSA) is 40.5 Å². The summed E-state index contributed by atoms with van der Waals surface area (Å²) in [6, 6.07) is 22.9. The van der Waals surface area contributed by atoms with Crippen molar-refractivity contribution in [3.63, 3.8) is 0 Å². The van der Waals surface area contributed by atoms with Crippen LogP contribution in [0, 0.1) is 0 Å². The molecule has 2 nitrogen and oxygen atoms in total. The van der Waals surface area contributed by atoms with Gasteiger partial charge < -0.3 is 11.6 Å². The Bertz CT molecular complexity index is 931. The Kier molecular flexibility index (Phi) is 4.31. The van der Waals surface area contributed by atoms with E-state index in [4.69, 9.17) is 0 Å². The van der Waals surface area contributed by atoms with Gasteiger partial charge in [0, 0.05) is 11.1 Å². The first kappa shape index (κ1) is 15.9. The second-order valence-corrected chi connectivity index (χ2v) is 5.36. The van der Waals surface area contributed by atoms with Gasteiger partial charge in [-0.05, 0) is 33.7 Å². The van der Waals surface area contributed by atoms with Gasteiger partial charge in [0.25, 0.3) is 0 Å². The molecular formula is C20H15NaO2. The van der Waals surface area contributed by atoms with Crippen LogP contribution >= 0.6 is 0 Å². The van der Waals surface area contributed by atoms with E-state index in [1.54, 1.807) is 12.1 Å². The van der Waals surface area contributed by atoms with Gasteiger partial charge in [-0.1, -0.05) is 60.7 Å². The molecule has 0 saturated carbocycles. The fourth-order valence-electron chi connectivity index (χ4n) is 3.05. The Hall–Kier alpha value is -2.00. The molecule has 4 aromatic rings. The molecule has 0 spiro atoms. The largest absolute Gasteiger partial charge is 1.00 e. The summed E-state index contributed by atoms with van der Waals surface area (Å²) in [6.45, 7) is 0. The molecule has 108 valence electrons. The third-order valence-corrected chi connectivity index (χ3v) is 4.06. The van der Waals surface area contributed by atoms with Gasteiger partial charge in [0.1, 0.15) is 11.5 Å². The van der Waals surface area contributed by atoms with Crippen LogP contribution in [0.4, 0.5) is 0 Å². The van der Waals surface area contributed by atoms with Crippen molar-refractivity contribution < 1.29 is 41.2 Å². The molecule has 0 atom stereocenters. The van der Waals surface area contributed by atoms with Crippen molar-refractivity contribution in [1.29, 1.82) is 0 Å². The summed E-state index contributed by atoms with van der Waals surface area (Å²) in [4.78, 5) is 0. The molecule has 0 aliphatic heterocycles. The summed E-state index contributed by atoms with van der Waals surface area (Å²) in [5, 5.41) is 24.8. The SMILES string of the molecule is Oc1ccc2ccccc2c1-c1c(O)ccc2ccccc12.[H-].[Na+]. The van der Waals surface area contributed by atoms with Crippen molar-refractivity contribution in [2.24, 2.45) is 0 Å². The van der Waals surface area contributed by atoms with Crippen LogP contribution in [-0.2, 0) is 0 Å². The minimum Gasteiger partial charge on any atom is -1.00 e. The van der Waals surface area contributed by atoms with Crippen molar-refractivity contribution in [3.8, 4) is 22.6 Å². The van der Waals surface area contributed by atoms with E-state index in [9.17, 15) is 10.2 Å². The van der Waals surface area contributed by atoms with Gasteiger partial charge in [0.05, 0.1) is 0 Å². The summed E-state index contributed by atoms with van der Waals surface area (Å²) in [5.74, 6) is 0.343. The van der Waals surface area contributed by atoms with Gasteiger partial charge in [-0.25, -0.2) is 0 Å². The Morgan fingerprint density at radius 3 is 1.35 bits per heavy atom. The quantitative estimate of drug-likeness (QED) is 0.529. The van der Waals surface area contributed by atoms with E-state index in [1.807, 2.05) is 60.7 Å². The van der Waals surface area contributed by atoms with Crippen LogP contribution in [0.3, 0.4) is 0 Å². The first-order valence-electron chi connectivity index (χ1n) is 7.17. The molecule has 0 aliphatic carbocycles. The van der Waals surface area contributed by atoms with E-state index in [0.717, 1.165) is 21.5 Å². The minimum atomic E-state index is 0. The van der Waals surface area contributed by atoms with Gasteiger partial charge in [0.2, 0.25) is 0 Å². The van der Waals surface area contributed by atoms with Crippen molar-refractivity contribution in [1.82, 2.24) is 0 Å². The monoisotopic (exact) mass is 310 g/mol. The molecule has 4 aromatic carbocycles. The zero-order valence-electron chi connectivity index (χ0n) is 13.8. The van der Waals surface area contributed by atoms with Gasteiger partial charge in [-0.2, -0.15) is 0 Å². The van der Waals surface area contributed by atoms with Crippen LogP contribution < -0.4 is 29.6 Å². The maximum Gasteiger partial charge on any atom is 1.00 e. The number of hydrogen-bond acceptors (Lipinski definition) is 2. The molecule has 0 saturated heterocycles. The van der Waals surface area contributed by atoms with E-state index in [1.165, 1.54) is 0 Å². The van der Waals surface area contributed by atoms with Crippen LogP contribution in [0.1, 0.15) is 1.43 Å². The number of benzene rings is 4. The Morgan fingerprint density at radius 2 is 0.913 bits per heavy atom. The number of fused-ring (bicyclic) bond motifs is 2. The summed E-state index contributed by atoms with van der Waals surface area (Å²) < 4.78 is 0. The molecule has 0 amide bonds. The molecule has 3 heteroatoms. The molecule has 0 radical (unpaired) electrons. The van der Waals surface area contributed by atoms with Crippen molar-refractivity contribution >= 4 is 21.5 Å². The van der Waals surface area contributed by atoms with E-state index >= 15 is 0 Å². The first-order valence-corrected chi connectivity index (χ1v) is 7.17. The average Bonchev–Trinajstić information content (AvgIpc) is 2.56. The maximum atomic E-state index is 10.4. The van der Waals surface area contributed by atoms with Crippen molar-refractivity contribution in [2.75, 3.05) is 0 Å². The summed E-state index contributed by atoms with van der Waals surface area (Å²) in [5.41, 5.74) is 1.35. The second kappa shape index (κ2) is 6.25. The predicted octanol–water partition coefficient (Wildman–Crippen LogP) is 2.19. The molecule has 0 heterocycles. The molecule has 0 bridgehead atoms. The molecule has 0 aromatic heterocycles. The Balaban J connectivity index is 0.00000104. The standard InChI is InChI=1S/C20H14O2.Na.H/c21-17-11-9-13-5-1-3-7-15(13)19(17)20-16-8-4-2-6-14(16)10-12-18(20)22;;/h1-12,21-22H;;/q;+1;-1. The molecule has 23 heavy (non-hydrogen) atoms. The fraction of sp³-hybridized carbons (Fsp3) is 0. The van der Waals surface area contributed by atoms with Crippen LogP contribution in [-0.4, -0.2) is 10.2 Å². The normalized spacial score (nSPS) is 10.6. The van der Waals surface area contributed by atoms with E-state index in [0.29, 0.717) is 11.1 Å². The second-order valence-electron chi connectivity index (χ2n) is 5.36. The molecule has 0 fully saturated rings. The van der Waals surface area contributed by atoms with Gasteiger partial charge >= 0.3 is 29.6 Å². The zero-order chi connectivity index (χ0) is 15.1. The van der Waals surface area contributed by atoms with Crippen LogP contribution in [0.25, 0.3) is 32.7 Å². The summed E-state index contributed by atoms with van der Waals surface area (Å²) >= 11 is 0. The van der Waals surface area contributed by atoms with Crippen LogP contribution in [0.15, 0.2) is 72.8 Å². The zero-order valence-corrected chi connectivity index (χ0v) is 14.8. The Labute approximate surface area is 157 Å². The molecular weight excluding hydrogens is 295 g/mol. The van der Waals surface area contributed by atoms with Crippen LogP contribution in [0.5, 0.6) is 11.5 Å². The number of phenolic OH excluding ortho intramolecular Hbond substituents is 2. The molecule has 0 unspecified atom stereocenters. The Morgan fingerprint density at radius 1 is 0.522 bits per heavy atom. The number of phenols is 2. The van der Waals surface area contributed by atoms with Crippen molar-refractivity contribution in [2.45, 2.75) is 0 Å². The maximum absolute atomic E-state index is 10.4. The third-order valence-electron chi connectivity index (χ3n) is 4.06. The third kappa shape index (κ3) is 2.59. The molecule has 0 aliphatic rings. The van der Waals surface area contributed by atoms with E-state index in [-0.39, 0.29) is 42.5 Å². The minimum absolute atomic E-state index is 0. The number of aromatic hydroxyl groups is 2. The summed E-state index contributed by atoms with van der Waals surface area (Å²) in [6.07, 6.45) is 0. The predicted molar refractivity (Wildman–Crippen MR) is 91.3 cm³/mol. The van der Waals surface area contributed by atoms with Gasteiger partial charge in [-0.3, -0.25) is 0 Å². The first-order chi connectivity index (χ1) is 10.8. The number of hydrogen-bond donors (Lipinski definition) is 2. The smallest absolute Gasteiger partial charge is 1.00 e. The van der Waals surface area contributed by atoms with E-state index < -0.39 is 0 Å². The fourth-order valence-corrected chi connectivity index (χ4v) is 3.05. The average molecular weight is 310 g/mol. The van der Waals surface area contributed by atoms with Gasteiger partial charge in [-0.15, -0.1) is 0 Å².